The second-order valence-electron chi connectivity index (χ2n) is 5.33. The molecule has 1 aromatic heterocycles. The summed E-state index contributed by atoms with van der Waals surface area (Å²) in [5, 5.41) is 6.82. The second kappa shape index (κ2) is 7.69. The zero-order valence-electron chi connectivity index (χ0n) is 12.2. The normalized spacial score (nSPS) is 22.7. The molecule has 0 saturated heterocycles. The number of amides is 1. The highest BCUT2D eigenvalue weighted by Crippen LogP contribution is 2.25. The van der Waals surface area contributed by atoms with Gasteiger partial charge in [-0.3, -0.25) is 4.79 Å². The highest BCUT2D eigenvalue weighted by molar-refractivity contribution is 7.08. The molecule has 6 heteroatoms. The van der Waals surface area contributed by atoms with Crippen molar-refractivity contribution in [3.8, 4) is 0 Å². The average molecular weight is 297 g/mol. The maximum absolute atomic E-state index is 12.0. The number of carbonyl (C=O) groups is 1. The van der Waals surface area contributed by atoms with Crippen molar-refractivity contribution in [2.75, 3.05) is 13.2 Å². The average Bonchev–Trinajstić information content (AvgIpc) is 2.93. The first-order chi connectivity index (χ1) is 9.72. The van der Waals surface area contributed by atoms with Gasteiger partial charge in [0.2, 0.25) is 0 Å². The predicted molar refractivity (Wildman–Crippen MR) is 79.0 cm³/mol. The van der Waals surface area contributed by atoms with Gasteiger partial charge in [0.1, 0.15) is 4.88 Å². The van der Waals surface area contributed by atoms with Crippen LogP contribution in [0.5, 0.6) is 0 Å². The number of hydrogen-bond acceptors (Lipinski definition) is 5. The number of aromatic nitrogens is 2. The first-order valence-electron chi connectivity index (χ1n) is 7.43. The summed E-state index contributed by atoms with van der Waals surface area (Å²) in [5.41, 5.74) is 0.773. The van der Waals surface area contributed by atoms with Crippen molar-refractivity contribution in [3.05, 3.63) is 10.6 Å². The molecule has 0 aromatic carbocycles. The van der Waals surface area contributed by atoms with Gasteiger partial charge in [-0.05, 0) is 36.7 Å². The molecule has 5 nitrogen and oxygen atoms in total. The Morgan fingerprint density at radius 1 is 1.45 bits per heavy atom. The van der Waals surface area contributed by atoms with E-state index in [9.17, 15) is 4.79 Å². The third kappa shape index (κ3) is 3.99. The monoisotopic (exact) mass is 297 g/mol. The van der Waals surface area contributed by atoms with Gasteiger partial charge in [0, 0.05) is 6.54 Å². The number of rotatable bonds is 6. The Morgan fingerprint density at radius 2 is 2.25 bits per heavy atom. The summed E-state index contributed by atoms with van der Waals surface area (Å²) in [5.74, 6) is 0.550. The van der Waals surface area contributed by atoms with Gasteiger partial charge in [-0.2, -0.15) is 0 Å². The molecule has 1 aliphatic carbocycles. The zero-order valence-corrected chi connectivity index (χ0v) is 13.0. The molecule has 2 rings (SSSR count). The lowest BCUT2D eigenvalue weighted by Crippen LogP contribution is -2.31. The Kier molecular flexibility index (Phi) is 5.91. The zero-order chi connectivity index (χ0) is 14.4. The summed E-state index contributed by atoms with van der Waals surface area (Å²) in [6.45, 7) is 5.34. The number of hydrogen-bond donors (Lipinski definition) is 1. The van der Waals surface area contributed by atoms with Crippen LogP contribution in [0.3, 0.4) is 0 Å². The molecule has 1 aliphatic rings. The number of ether oxygens (including phenoxy) is 1. The minimum Gasteiger partial charge on any atom is -0.376 e. The third-order valence-corrected chi connectivity index (χ3v) is 4.62. The van der Waals surface area contributed by atoms with Crippen LogP contribution in [-0.4, -0.2) is 34.7 Å². The molecule has 0 radical (unpaired) electrons. The molecule has 0 spiro atoms. The summed E-state index contributed by atoms with van der Waals surface area (Å²) < 4.78 is 9.70. The van der Waals surface area contributed by atoms with Crippen molar-refractivity contribution in [1.29, 1.82) is 0 Å². The van der Waals surface area contributed by atoms with Gasteiger partial charge in [0.15, 0.2) is 0 Å². The van der Waals surface area contributed by atoms with Gasteiger partial charge in [-0.1, -0.05) is 31.2 Å². The van der Waals surface area contributed by atoms with Gasteiger partial charge in [0.25, 0.3) is 5.91 Å². The molecule has 1 amide bonds. The molecular formula is C14H23N3O2S. The van der Waals surface area contributed by atoms with E-state index < -0.39 is 0 Å². The summed E-state index contributed by atoms with van der Waals surface area (Å²) >= 11 is 1.15. The van der Waals surface area contributed by atoms with Crippen LogP contribution in [0.15, 0.2) is 0 Å². The lowest BCUT2D eigenvalue weighted by atomic mass is 9.88. The van der Waals surface area contributed by atoms with E-state index in [1.54, 1.807) is 0 Å². The molecule has 0 unspecified atom stereocenters. The van der Waals surface area contributed by atoms with E-state index in [4.69, 9.17) is 4.74 Å². The molecule has 1 saturated carbocycles. The fraction of sp³-hybridized carbons (Fsp3) is 0.786. The lowest BCUT2D eigenvalue weighted by molar-refractivity contribution is -0.00293. The van der Waals surface area contributed by atoms with E-state index in [-0.39, 0.29) is 5.91 Å². The third-order valence-electron chi connectivity index (χ3n) is 3.85. The van der Waals surface area contributed by atoms with Gasteiger partial charge in [-0.15, -0.1) is 5.10 Å². The molecule has 1 aromatic rings. The summed E-state index contributed by atoms with van der Waals surface area (Å²) in [6, 6.07) is 0. The molecule has 2 atom stereocenters. The molecule has 1 fully saturated rings. The van der Waals surface area contributed by atoms with E-state index in [0.717, 1.165) is 30.1 Å². The van der Waals surface area contributed by atoms with Gasteiger partial charge in [0.05, 0.1) is 18.4 Å². The highest BCUT2D eigenvalue weighted by Gasteiger charge is 2.21. The number of nitrogens with one attached hydrogen (secondary N) is 1. The number of carbonyl (C=O) groups excluding carboxylic acids is 1. The van der Waals surface area contributed by atoms with E-state index in [1.807, 2.05) is 6.92 Å². The maximum atomic E-state index is 12.0. The fourth-order valence-electron chi connectivity index (χ4n) is 2.60. The van der Waals surface area contributed by atoms with E-state index in [0.29, 0.717) is 30.1 Å². The largest absolute Gasteiger partial charge is 0.376 e. The molecular weight excluding hydrogens is 274 g/mol. The molecule has 0 aliphatic heterocycles. The van der Waals surface area contributed by atoms with Crippen LogP contribution in [-0.2, 0) is 11.2 Å². The summed E-state index contributed by atoms with van der Waals surface area (Å²) in [4.78, 5) is 12.6. The first-order valence-corrected chi connectivity index (χ1v) is 8.20. The Labute approximate surface area is 124 Å². The molecule has 1 heterocycles. The standard InChI is InChI=1S/C14H23N3O2S/c1-3-11-13(20-17-16-11)14(18)15-8-9-19-12-7-5-4-6-10(12)2/h10,12H,3-9H2,1-2H3,(H,15,18)/t10-,12-/m1/s1. The highest BCUT2D eigenvalue weighted by atomic mass is 32.1. The Morgan fingerprint density at radius 3 is 3.00 bits per heavy atom. The van der Waals surface area contributed by atoms with Gasteiger partial charge in [-0.25, -0.2) is 0 Å². The smallest absolute Gasteiger partial charge is 0.265 e. The van der Waals surface area contributed by atoms with Crippen molar-refractivity contribution in [2.24, 2.45) is 5.92 Å². The van der Waals surface area contributed by atoms with Crippen LogP contribution in [0.1, 0.15) is 54.9 Å². The van der Waals surface area contributed by atoms with Crippen molar-refractivity contribution in [3.63, 3.8) is 0 Å². The Hall–Kier alpha value is -1.01. The second-order valence-corrected chi connectivity index (χ2v) is 6.08. The lowest BCUT2D eigenvalue weighted by Gasteiger charge is -2.28. The van der Waals surface area contributed by atoms with Crippen LogP contribution < -0.4 is 5.32 Å². The van der Waals surface area contributed by atoms with Gasteiger partial charge >= 0.3 is 0 Å². The Bertz CT molecular complexity index is 436. The molecule has 20 heavy (non-hydrogen) atoms. The first kappa shape index (κ1) is 15.4. The number of nitrogens with zero attached hydrogens (tertiary/aromatic N) is 2. The topological polar surface area (TPSA) is 64.1 Å². The molecule has 0 bridgehead atoms. The fourth-order valence-corrected chi connectivity index (χ4v) is 3.26. The van der Waals surface area contributed by atoms with Crippen LogP contribution in [0, 0.1) is 5.92 Å². The summed E-state index contributed by atoms with van der Waals surface area (Å²) in [7, 11) is 0. The predicted octanol–water partition coefficient (Wildman–Crippen LogP) is 2.43. The Balaban J connectivity index is 1.69. The SMILES string of the molecule is CCc1nnsc1C(=O)NCCO[C@@H]1CCCC[C@H]1C. The van der Waals surface area contributed by atoms with Gasteiger partial charge < -0.3 is 10.1 Å². The minimum atomic E-state index is -0.0860. The van der Waals surface area contributed by atoms with Crippen molar-refractivity contribution < 1.29 is 9.53 Å². The molecule has 1 N–H and O–H groups in total. The van der Waals surface area contributed by atoms with Crippen LogP contribution in [0.4, 0.5) is 0 Å². The molecule has 112 valence electrons. The maximum Gasteiger partial charge on any atom is 0.265 e. The van der Waals surface area contributed by atoms with Crippen LogP contribution >= 0.6 is 11.5 Å². The quantitative estimate of drug-likeness (QED) is 0.819. The van der Waals surface area contributed by atoms with E-state index in [1.165, 1.54) is 19.3 Å². The summed E-state index contributed by atoms with van der Waals surface area (Å²) in [6.07, 6.45) is 6.06. The minimum absolute atomic E-state index is 0.0860. The number of aryl methyl sites for hydroxylation is 1. The van der Waals surface area contributed by atoms with Crippen LogP contribution in [0.25, 0.3) is 0 Å². The van der Waals surface area contributed by atoms with E-state index in [2.05, 4.69) is 21.8 Å². The van der Waals surface area contributed by atoms with Crippen molar-refractivity contribution in [1.82, 2.24) is 14.9 Å². The van der Waals surface area contributed by atoms with Crippen molar-refractivity contribution >= 4 is 17.4 Å². The van der Waals surface area contributed by atoms with Crippen molar-refractivity contribution in [2.45, 2.75) is 52.1 Å². The van der Waals surface area contributed by atoms with E-state index >= 15 is 0 Å². The van der Waals surface area contributed by atoms with Crippen LogP contribution in [0.2, 0.25) is 0 Å².